The molecule has 0 aliphatic carbocycles. The van der Waals surface area contributed by atoms with Crippen molar-refractivity contribution in [3.63, 3.8) is 0 Å². The summed E-state index contributed by atoms with van der Waals surface area (Å²) in [7, 11) is 0. The Labute approximate surface area is 94.0 Å². The van der Waals surface area contributed by atoms with Crippen LogP contribution in [-0.4, -0.2) is 10.9 Å². The molecule has 0 amide bonds. The largest absolute Gasteiger partial charge is 3.00 e. The zero-order valence-electron chi connectivity index (χ0n) is 6.03. The van der Waals surface area contributed by atoms with Gasteiger partial charge in [0.1, 0.15) is 0 Å². The van der Waals surface area contributed by atoms with Gasteiger partial charge < -0.3 is 16.5 Å². The first-order valence-electron chi connectivity index (χ1n) is 2.63. The Hall–Kier alpha value is 0.00390. The van der Waals surface area contributed by atoms with Crippen LogP contribution in [0.2, 0.25) is 0 Å². The van der Waals surface area contributed by atoms with Crippen molar-refractivity contribution in [2.24, 2.45) is 16.5 Å². The molecule has 0 spiro atoms. The molecule has 1 aromatic rings. The molecule has 1 aromatic heterocycles. The van der Waals surface area contributed by atoms with E-state index in [0.717, 1.165) is 4.88 Å². The molecule has 0 atom stereocenters. The van der Waals surface area contributed by atoms with Crippen LogP contribution < -0.4 is 11.5 Å². The van der Waals surface area contributed by atoms with Crippen molar-refractivity contribution in [3.05, 3.63) is 11.1 Å². The minimum absolute atomic E-state index is 0. The average molecular weight is 244 g/mol. The summed E-state index contributed by atoms with van der Waals surface area (Å²) in [5.74, 6) is 0.0303. The molecule has 1 rings (SSSR count). The molecule has 0 aromatic carbocycles. The quantitative estimate of drug-likeness (QED) is 0.419. The third kappa shape index (κ3) is 3.79. The fourth-order valence-corrected chi connectivity index (χ4v) is 1.07. The summed E-state index contributed by atoms with van der Waals surface area (Å²) in [4.78, 5) is 8.50. The van der Waals surface area contributed by atoms with Crippen molar-refractivity contribution in [3.8, 4) is 0 Å². The molecule has 0 saturated heterocycles. The standard InChI is InChI=1S/C5H7N4S.Y/c1-3-2-8-5(10-3)9-4(6)7;/h1H3,(H4,6,7,8,9);/q-1;+3. The number of aliphatic imine (C=N–C) groups is 1. The Morgan fingerprint density at radius 3 is 2.64 bits per heavy atom. The first kappa shape index (κ1) is 11.0. The second-order valence-electron chi connectivity index (χ2n) is 1.70. The Morgan fingerprint density at radius 2 is 2.27 bits per heavy atom. The number of hydrogen-bond acceptors (Lipinski definition) is 3. The van der Waals surface area contributed by atoms with Crippen LogP contribution in [-0.2, 0) is 32.7 Å². The van der Waals surface area contributed by atoms with E-state index in [1.165, 1.54) is 11.3 Å². The van der Waals surface area contributed by atoms with E-state index in [0.29, 0.717) is 5.13 Å². The minimum atomic E-state index is 0. The van der Waals surface area contributed by atoms with Gasteiger partial charge in [0.15, 0.2) is 5.96 Å². The number of aryl methyl sites for hydroxylation is 1. The smallest absolute Gasteiger partial charge is 0.426 e. The maximum absolute atomic E-state index is 5.11. The van der Waals surface area contributed by atoms with Gasteiger partial charge in [-0.2, -0.15) is 0 Å². The topological polar surface area (TPSA) is 77.3 Å². The van der Waals surface area contributed by atoms with Crippen LogP contribution in [0.4, 0.5) is 5.13 Å². The molecular weight excluding hydrogens is 237 g/mol. The van der Waals surface area contributed by atoms with E-state index >= 15 is 0 Å². The fraction of sp³-hybridized carbons (Fsp3) is 0.200. The van der Waals surface area contributed by atoms with Crippen molar-refractivity contribution < 1.29 is 32.7 Å². The predicted molar refractivity (Wildman–Crippen MR) is 41.2 cm³/mol. The Bertz CT molecular complexity index is 253. The number of aromatic nitrogens is 1. The summed E-state index contributed by atoms with van der Waals surface area (Å²) in [5, 5.41) is 0.553. The molecule has 0 bridgehead atoms. The van der Waals surface area contributed by atoms with Crippen LogP contribution in [0.1, 0.15) is 4.88 Å². The average Bonchev–Trinajstić information content (AvgIpc) is 2.13. The Balaban J connectivity index is 0.000001000. The number of nitrogens with two attached hydrogens (primary N) is 2. The van der Waals surface area contributed by atoms with Gasteiger partial charge in [0.2, 0.25) is 0 Å². The van der Waals surface area contributed by atoms with Gasteiger partial charge in [-0.25, -0.2) is 11.3 Å². The van der Waals surface area contributed by atoms with Gasteiger partial charge in [-0.05, 0) is 6.92 Å². The number of nitrogens with zero attached hydrogens (tertiary/aromatic N) is 2. The molecule has 11 heavy (non-hydrogen) atoms. The van der Waals surface area contributed by atoms with Crippen LogP contribution in [0.25, 0.3) is 0 Å². The predicted octanol–water partition coefficient (Wildman–Crippen LogP) is 0.154. The van der Waals surface area contributed by atoms with Crippen molar-refractivity contribution in [2.75, 3.05) is 0 Å². The summed E-state index contributed by atoms with van der Waals surface area (Å²) in [6.07, 6.45) is 2.72. The van der Waals surface area contributed by atoms with E-state index in [1.54, 1.807) is 0 Å². The first-order chi connectivity index (χ1) is 4.68. The molecule has 6 heteroatoms. The van der Waals surface area contributed by atoms with Crippen LogP contribution in [0.5, 0.6) is 0 Å². The maximum Gasteiger partial charge on any atom is 3.00 e. The second-order valence-corrected chi connectivity index (χ2v) is 2.88. The normalized spacial score (nSPS) is 8.45. The van der Waals surface area contributed by atoms with E-state index in [4.69, 9.17) is 11.5 Å². The summed E-state index contributed by atoms with van der Waals surface area (Å²) in [5.41, 5.74) is 10.2. The van der Waals surface area contributed by atoms with E-state index in [1.807, 2.05) is 6.92 Å². The van der Waals surface area contributed by atoms with Gasteiger partial charge in [0, 0.05) is 0 Å². The van der Waals surface area contributed by atoms with Crippen LogP contribution in [0.15, 0.2) is 4.99 Å². The van der Waals surface area contributed by atoms with E-state index < -0.39 is 0 Å². The van der Waals surface area contributed by atoms with E-state index in [-0.39, 0.29) is 38.7 Å². The van der Waals surface area contributed by atoms with Gasteiger partial charge in [-0.1, -0.05) is 4.88 Å². The molecule has 54 valence electrons. The summed E-state index contributed by atoms with van der Waals surface area (Å²) >= 11 is 1.40. The van der Waals surface area contributed by atoms with Gasteiger partial charge in [-0.3, -0.25) is 4.99 Å². The number of hydrogen-bond donors (Lipinski definition) is 2. The summed E-state index contributed by atoms with van der Waals surface area (Å²) in [6, 6.07) is 0. The SMILES string of the molecule is Cc1[c-]nc(N=C(N)N)s1.[Y+3]. The molecule has 0 fully saturated rings. The number of guanidine groups is 1. The number of thiazole rings is 1. The molecule has 0 radical (unpaired) electrons. The molecule has 0 aliphatic rings. The van der Waals surface area contributed by atoms with E-state index in [9.17, 15) is 0 Å². The summed E-state index contributed by atoms with van der Waals surface area (Å²) in [6.45, 7) is 1.89. The molecule has 0 unspecified atom stereocenters. The van der Waals surface area contributed by atoms with Crippen molar-refractivity contribution in [2.45, 2.75) is 6.92 Å². The molecule has 0 aliphatic heterocycles. The van der Waals surface area contributed by atoms with Crippen LogP contribution in [0, 0.1) is 13.1 Å². The zero-order valence-corrected chi connectivity index (χ0v) is 9.69. The van der Waals surface area contributed by atoms with Crippen LogP contribution >= 0.6 is 11.3 Å². The first-order valence-corrected chi connectivity index (χ1v) is 3.45. The van der Waals surface area contributed by atoms with Crippen molar-refractivity contribution >= 4 is 22.4 Å². The molecule has 0 saturated carbocycles. The van der Waals surface area contributed by atoms with Crippen LogP contribution in [0.3, 0.4) is 0 Å². The molecule has 1 heterocycles. The minimum Gasteiger partial charge on any atom is -0.426 e. The molecule has 4 N–H and O–H groups in total. The van der Waals surface area contributed by atoms with E-state index in [2.05, 4.69) is 16.2 Å². The Kier molecular flexibility index (Phi) is 4.80. The van der Waals surface area contributed by atoms with Gasteiger partial charge in [0.25, 0.3) is 0 Å². The van der Waals surface area contributed by atoms with Gasteiger partial charge in [-0.15, -0.1) is 6.20 Å². The molecule has 4 nitrogen and oxygen atoms in total. The number of rotatable bonds is 1. The summed E-state index contributed by atoms with van der Waals surface area (Å²) < 4.78 is 0. The fourth-order valence-electron chi connectivity index (χ4n) is 0.467. The third-order valence-electron chi connectivity index (χ3n) is 0.778. The van der Waals surface area contributed by atoms with Gasteiger partial charge in [0.05, 0.1) is 5.13 Å². The van der Waals surface area contributed by atoms with Crippen molar-refractivity contribution in [1.29, 1.82) is 0 Å². The van der Waals surface area contributed by atoms with Crippen molar-refractivity contribution in [1.82, 2.24) is 4.98 Å². The maximum atomic E-state index is 5.11. The Morgan fingerprint density at radius 1 is 1.64 bits per heavy atom. The third-order valence-corrected chi connectivity index (χ3v) is 1.54. The zero-order chi connectivity index (χ0) is 7.56. The second kappa shape index (κ2) is 4.80. The molecular formula is C5H7N4SY+2. The van der Waals surface area contributed by atoms with Gasteiger partial charge >= 0.3 is 32.7 Å². The monoisotopic (exact) mass is 244 g/mol.